The zero-order chi connectivity index (χ0) is 23.6. The molecule has 8 nitrogen and oxygen atoms in total. The van der Waals surface area contributed by atoms with Crippen molar-refractivity contribution in [1.29, 1.82) is 0 Å². The number of amides is 1. The Labute approximate surface area is 189 Å². The Bertz CT molecular complexity index is 1010. The summed E-state index contributed by atoms with van der Waals surface area (Å²) in [5.74, 6) is 0.719. The van der Waals surface area contributed by atoms with E-state index >= 15 is 0 Å². The fourth-order valence-corrected chi connectivity index (χ4v) is 3.67. The van der Waals surface area contributed by atoms with Crippen LogP contribution in [0.5, 0.6) is 5.75 Å². The lowest BCUT2D eigenvalue weighted by atomic mass is 10.0. The molecule has 1 aliphatic heterocycles. The lowest BCUT2D eigenvalue weighted by Gasteiger charge is -2.31. The summed E-state index contributed by atoms with van der Waals surface area (Å²) in [6, 6.07) is 3.70. The maximum absolute atomic E-state index is 13.2. The smallest absolute Gasteiger partial charge is 0.421 e. The predicted octanol–water partition coefficient (Wildman–Crippen LogP) is 3.91. The quantitative estimate of drug-likeness (QED) is 0.572. The zero-order valence-corrected chi connectivity index (χ0v) is 18.4. The number of alkyl halides is 3. The number of nitrogens with zero attached hydrogens (tertiary/aromatic N) is 3. The van der Waals surface area contributed by atoms with E-state index in [0.717, 1.165) is 36.6 Å². The van der Waals surface area contributed by atoms with E-state index in [0.29, 0.717) is 43.7 Å². The molecule has 1 saturated heterocycles. The third kappa shape index (κ3) is 5.47. The van der Waals surface area contributed by atoms with Gasteiger partial charge in [-0.1, -0.05) is 0 Å². The molecule has 1 amide bonds. The number of aryl methyl sites for hydroxylation is 1. The number of rotatable bonds is 8. The van der Waals surface area contributed by atoms with E-state index in [4.69, 9.17) is 9.47 Å². The molecule has 2 heterocycles. The number of carbonyl (C=O) groups is 1. The first kappa shape index (κ1) is 23.1. The van der Waals surface area contributed by atoms with Gasteiger partial charge in [0.2, 0.25) is 12.4 Å². The molecule has 1 aromatic carbocycles. The summed E-state index contributed by atoms with van der Waals surface area (Å²) in [6.45, 7) is 3.86. The molecule has 1 saturated carbocycles. The van der Waals surface area contributed by atoms with E-state index in [1.807, 2.05) is 19.1 Å². The van der Waals surface area contributed by atoms with E-state index in [9.17, 15) is 18.0 Å². The maximum Gasteiger partial charge on any atom is 0.421 e. The second-order valence-electron chi connectivity index (χ2n) is 8.25. The van der Waals surface area contributed by atoms with Crippen molar-refractivity contribution >= 4 is 23.9 Å². The molecular formula is C22H26F3N5O3. The van der Waals surface area contributed by atoms with Crippen LogP contribution in [0, 0.1) is 12.8 Å². The Kier molecular flexibility index (Phi) is 6.59. The van der Waals surface area contributed by atoms with Crippen molar-refractivity contribution in [3.8, 4) is 5.75 Å². The number of anilines is 3. The molecular weight excluding hydrogens is 439 g/mol. The van der Waals surface area contributed by atoms with Gasteiger partial charge in [-0.3, -0.25) is 4.79 Å². The van der Waals surface area contributed by atoms with Crippen LogP contribution < -0.4 is 15.4 Å². The second kappa shape index (κ2) is 9.42. The van der Waals surface area contributed by atoms with E-state index in [1.54, 1.807) is 4.90 Å². The molecule has 0 spiro atoms. The normalized spacial score (nSPS) is 18.7. The minimum atomic E-state index is -4.57. The molecule has 0 radical (unpaired) electrons. The first-order valence-electron chi connectivity index (χ1n) is 10.8. The van der Waals surface area contributed by atoms with Crippen LogP contribution >= 0.6 is 0 Å². The molecule has 2 aliphatic rings. The Morgan fingerprint density at radius 1 is 1.33 bits per heavy atom. The number of morpholine rings is 1. The molecule has 33 heavy (non-hydrogen) atoms. The fraction of sp³-hybridized carbons (Fsp3) is 0.500. The molecule has 1 aliphatic carbocycles. The second-order valence-corrected chi connectivity index (χ2v) is 8.25. The largest absolute Gasteiger partial charge is 0.491 e. The Morgan fingerprint density at radius 2 is 2.12 bits per heavy atom. The Morgan fingerprint density at radius 3 is 2.79 bits per heavy atom. The number of hydrogen-bond donors (Lipinski definition) is 2. The van der Waals surface area contributed by atoms with Crippen LogP contribution in [0.3, 0.4) is 0 Å². The third-order valence-corrected chi connectivity index (χ3v) is 5.71. The van der Waals surface area contributed by atoms with Crippen molar-refractivity contribution in [2.75, 3.05) is 44.0 Å². The molecule has 0 bridgehead atoms. The highest BCUT2D eigenvalue weighted by Crippen LogP contribution is 2.38. The van der Waals surface area contributed by atoms with Crippen molar-refractivity contribution in [2.45, 2.75) is 32.0 Å². The van der Waals surface area contributed by atoms with Gasteiger partial charge >= 0.3 is 6.18 Å². The summed E-state index contributed by atoms with van der Waals surface area (Å²) in [4.78, 5) is 20.7. The summed E-state index contributed by atoms with van der Waals surface area (Å²) < 4.78 is 51.5. The van der Waals surface area contributed by atoms with Gasteiger partial charge in [0.25, 0.3) is 0 Å². The standard InChI is InChI=1S/C22H26F3N5O3/c1-13-7-17(28-21-27-9-16(22(23,24)25)20(26-2)29-21)18(33-11-14-3-4-14)8-15(13)19-10-30(12-31)5-6-32-19/h7-9,12,14,19H,3-6,10-11H2,1-2H3,(H2,26,27,28,29). The molecule has 2 fully saturated rings. The van der Waals surface area contributed by atoms with E-state index in [2.05, 4.69) is 20.6 Å². The number of nitrogens with one attached hydrogen (secondary N) is 2. The fourth-order valence-electron chi connectivity index (χ4n) is 3.67. The highest BCUT2D eigenvalue weighted by atomic mass is 19.4. The lowest BCUT2D eigenvalue weighted by molar-refractivity contribution is -0.137. The first-order valence-corrected chi connectivity index (χ1v) is 10.8. The number of ether oxygens (including phenoxy) is 2. The van der Waals surface area contributed by atoms with Gasteiger partial charge < -0.3 is 25.0 Å². The van der Waals surface area contributed by atoms with Crippen LogP contribution in [0.1, 0.15) is 35.6 Å². The molecule has 1 aromatic heterocycles. The monoisotopic (exact) mass is 465 g/mol. The van der Waals surface area contributed by atoms with Crippen LogP contribution in [-0.2, 0) is 15.7 Å². The van der Waals surface area contributed by atoms with Crippen molar-refractivity contribution in [1.82, 2.24) is 14.9 Å². The van der Waals surface area contributed by atoms with Gasteiger partial charge in [-0.25, -0.2) is 4.98 Å². The van der Waals surface area contributed by atoms with Crippen LogP contribution in [0.2, 0.25) is 0 Å². The summed E-state index contributed by atoms with van der Waals surface area (Å²) in [7, 11) is 1.37. The van der Waals surface area contributed by atoms with Crippen molar-refractivity contribution < 1.29 is 27.4 Å². The number of aromatic nitrogens is 2. The van der Waals surface area contributed by atoms with Gasteiger partial charge in [0.05, 0.1) is 25.4 Å². The van der Waals surface area contributed by atoms with Crippen LogP contribution in [0.25, 0.3) is 0 Å². The zero-order valence-electron chi connectivity index (χ0n) is 18.4. The van der Waals surface area contributed by atoms with Gasteiger partial charge in [0.15, 0.2) is 0 Å². The summed E-state index contributed by atoms with van der Waals surface area (Å²) >= 11 is 0. The predicted molar refractivity (Wildman–Crippen MR) is 116 cm³/mol. The molecule has 178 valence electrons. The number of hydrogen-bond acceptors (Lipinski definition) is 7. The highest BCUT2D eigenvalue weighted by Gasteiger charge is 2.35. The number of halogens is 3. The number of benzene rings is 1. The van der Waals surface area contributed by atoms with Crippen LogP contribution in [-0.4, -0.2) is 54.6 Å². The van der Waals surface area contributed by atoms with Gasteiger partial charge in [0, 0.05) is 19.8 Å². The van der Waals surface area contributed by atoms with Crippen molar-refractivity contribution in [2.24, 2.45) is 5.92 Å². The molecule has 11 heteroatoms. The van der Waals surface area contributed by atoms with Crippen molar-refractivity contribution in [3.63, 3.8) is 0 Å². The minimum Gasteiger partial charge on any atom is -0.491 e. The Balaban J connectivity index is 1.64. The number of carbonyl (C=O) groups excluding carboxylic acids is 1. The van der Waals surface area contributed by atoms with Crippen molar-refractivity contribution in [3.05, 3.63) is 35.0 Å². The average Bonchev–Trinajstić information content (AvgIpc) is 3.62. The maximum atomic E-state index is 13.2. The van der Waals surface area contributed by atoms with E-state index in [-0.39, 0.29) is 17.9 Å². The summed E-state index contributed by atoms with van der Waals surface area (Å²) in [5.41, 5.74) is 1.38. The van der Waals surface area contributed by atoms with Gasteiger partial charge in [-0.2, -0.15) is 18.2 Å². The highest BCUT2D eigenvalue weighted by molar-refractivity contribution is 5.66. The van der Waals surface area contributed by atoms with E-state index < -0.39 is 11.7 Å². The molecule has 1 unspecified atom stereocenters. The summed E-state index contributed by atoms with van der Waals surface area (Å²) in [6.07, 6.45) is -1.09. The van der Waals surface area contributed by atoms with Crippen LogP contribution in [0.15, 0.2) is 18.3 Å². The molecule has 4 rings (SSSR count). The average molecular weight is 465 g/mol. The molecule has 2 aromatic rings. The first-order chi connectivity index (χ1) is 15.8. The van der Waals surface area contributed by atoms with Gasteiger partial charge in [-0.15, -0.1) is 0 Å². The Hall–Kier alpha value is -3.08. The topological polar surface area (TPSA) is 88.6 Å². The van der Waals surface area contributed by atoms with E-state index in [1.165, 1.54) is 7.05 Å². The van der Waals surface area contributed by atoms with Crippen LogP contribution in [0.4, 0.5) is 30.6 Å². The lowest BCUT2D eigenvalue weighted by Crippen LogP contribution is -2.37. The molecule has 1 atom stereocenters. The summed E-state index contributed by atoms with van der Waals surface area (Å²) in [5, 5.41) is 5.47. The SMILES string of the molecule is CNc1nc(Nc2cc(C)c(C3CN(C=O)CCO3)cc2OCC2CC2)ncc1C(F)(F)F. The minimum absolute atomic E-state index is 0.0109. The molecule has 2 N–H and O–H groups in total. The van der Waals surface area contributed by atoms with Gasteiger partial charge in [-0.05, 0) is 48.9 Å². The third-order valence-electron chi connectivity index (χ3n) is 5.71. The van der Waals surface area contributed by atoms with Gasteiger partial charge in [0.1, 0.15) is 23.2 Å².